The number of nitrogens with zero attached hydrogens (tertiary/aromatic N) is 4. The second-order valence-corrected chi connectivity index (χ2v) is 8.62. The first-order chi connectivity index (χ1) is 15.0. The van der Waals surface area contributed by atoms with Crippen LogP contribution in [0.25, 0.3) is 17.1 Å². The van der Waals surface area contributed by atoms with Crippen molar-refractivity contribution < 1.29 is 9.26 Å². The minimum Gasteiger partial charge on any atom is -0.497 e. The van der Waals surface area contributed by atoms with E-state index in [-0.39, 0.29) is 0 Å². The van der Waals surface area contributed by atoms with Crippen LogP contribution in [0.15, 0.2) is 58.2 Å². The van der Waals surface area contributed by atoms with Gasteiger partial charge >= 0.3 is 0 Å². The van der Waals surface area contributed by atoms with Crippen LogP contribution < -0.4 is 4.74 Å². The Balaban J connectivity index is 1.81. The van der Waals surface area contributed by atoms with Crippen molar-refractivity contribution in [3.05, 3.63) is 71.1 Å². The van der Waals surface area contributed by atoms with Crippen LogP contribution in [0.5, 0.6) is 5.75 Å². The van der Waals surface area contributed by atoms with Gasteiger partial charge in [0.1, 0.15) is 11.5 Å². The summed E-state index contributed by atoms with van der Waals surface area (Å²) in [6.45, 7) is 8.31. The Bertz CT molecular complexity index is 1160. The summed E-state index contributed by atoms with van der Waals surface area (Å²) in [6.07, 6.45) is 0. The molecular formula is C24H26N4O2S. The van der Waals surface area contributed by atoms with Crippen LogP contribution in [0.1, 0.15) is 42.3 Å². The van der Waals surface area contributed by atoms with Gasteiger partial charge in [-0.3, -0.25) is 4.57 Å². The average molecular weight is 435 g/mol. The van der Waals surface area contributed by atoms with Crippen molar-refractivity contribution in [2.24, 2.45) is 0 Å². The van der Waals surface area contributed by atoms with Crippen molar-refractivity contribution >= 4 is 11.8 Å². The summed E-state index contributed by atoms with van der Waals surface area (Å²) in [4.78, 5) is 0. The zero-order valence-electron chi connectivity index (χ0n) is 18.4. The van der Waals surface area contributed by atoms with Gasteiger partial charge in [0.15, 0.2) is 11.0 Å². The molecule has 2 aromatic carbocycles. The van der Waals surface area contributed by atoms with E-state index in [0.29, 0.717) is 11.7 Å². The van der Waals surface area contributed by atoms with Gasteiger partial charge in [-0.15, -0.1) is 10.2 Å². The highest BCUT2D eigenvalue weighted by molar-refractivity contribution is 7.98. The molecule has 0 fully saturated rings. The van der Waals surface area contributed by atoms with Crippen molar-refractivity contribution in [1.29, 1.82) is 0 Å². The van der Waals surface area contributed by atoms with Crippen molar-refractivity contribution in [1.82, 2.24) is 19.9 Å². The number of hydrogen-bond acceptors (Lipinski definition) is 6. The number of para-hydroxylation sites is 1. The third kappa shape index (κ3) is 4.23. The zero-order valence-corrected chi connectivity index (χ0v) is 19.2. The predicted molar refractivity (Wildman–Crippen MR) is 123 cm³/mol. The highest BCUT2D eigenvalue weighted by atomic mass is 32.2. The number of benzene rings is 2. The number of aryl methyl sites for hydroxylation is 2. The van der Waals surface area contributed by atoms with E-state index in [9.17, 15) is 0 Å². The molecule has 4 aromatic rings. The lowest BCUT2D eigenvalue weighted by Crippen LogP contribution is -2.05. The summed E-state index contributed by atoms with van der Waals surface area (Å²) >= 11 is 1.64. The Morgan fingerprint density at radius 3 is 2.42 bits per heavy atom. The largest absolute Gasteiger partial charge is 0.497 e. The summed E-state index contributed by atoms with van der Waals surface area (Å²) in [7, 11) is 1.67. The maximum Gasteiger partial charge on any atom is 0.196 e. The molecule has 31 heavy (non-hydrogen) atoms. The first-order valence-electron chi connectivity index (χ1n) is 10.2. The van der Waals surface area contributed by atoms with Crippen molar-refractivity contribution in [2.75, 3.05) is 7.11 Å². The minimum atomic E-state index is 0.364. The number of rotatable bonds is 7. The zero-order chi connectivity index (χ0) is 22.0. The fourth-order valence-corrected chi connectivity index (χ4v) is 4.63. The normalized spacial score (nSPS) is 11.3. The molecule has 4 rings (SSSR count). The van der Waals surface area contributed by atoms with Crippen LogP contribution in [0, 0.1) is 13.8 Å². The van der Waals surface area contributed by atoms with E-state index in [0.717, 1.165) is 45.0 Å². The summed E-state index contributed by atoms with van der Waals surface area (Å²) in [5, 5.41) is 14.0. The molecule has 0 saturated heterocycles. The van der Waals surface area contributed by atoms with Crippen LogP contribution >= 0.6 is 11.8 Å². The smallest absolute Gasteiger partial charge is 0.196 e. The fraction of sp³-hybridized carbons (Fsp3) is 0.292. The molecule has 160 valence electrons. The second kappa shape index (κ2) is 8.98. The first kappa shape index (κ1) is 21.2. The molecule has 0 radical (unpaired) electrons. The van der Waals surface area contributed by atoms with Gasteiger partial charge in [0.05, 0.1) is 18.5 Å². The van der Waals surface area contributed by atoms with Gasteiger partial charge in [-0.1, -0.05) is 49.0 Å². The van der Waals surface area contributed by atoms with E-state index in [4.69, 9.17) is 9.26 Å². The van der Waals surface area contributed by atoms with Crippen LogP contribution in [-0.2, 0) is 5.75 Å². The number of ether oxygens (including phenoxy) is 1. The van der Waals surface area contributed by atoms with Crippen molar-refractivity contribution in [3.63, 3.8) is 0 Å². The molecule has 0 atom stereocenters. The highest BCUT2D eigenvalue weighted by Crippen LogP contribution is 2.34. The number of hydrogen-bond donors (Lipinski definition) is 0. The summed E-state index contributed by atoms with van der Waals surface area (Å²) in [5.41, 5.74) is 5.33. The number of aromatic nitrogens is 4. The molecule has 2 aromatic heterocycles. The Kier molecular flexibility index (Phi) is 6.13. The van der Waals surface area contributed by atoms with Crippen LogP contribution in [0.2, 0.25) is 0 Å². The lowest BCUT2D eigenvalue weighted by atomic mass is 10.0. The Morgan fingerprint density at radius 1 is 1.03 bits per heavy atom. The molecule has 0 aliphatic heterocycles. The Labute approximate surface area is 186 Å². The van der Waals surface area contributed by atoms with E-state index >= 15 is 0 Å². The molecule has 0 aliphatic rings. The van der Waals surface area contributed by atoms with Crippen LogP contribution in [0.3, 0.4) is 0 Å². The van der Waals surface area contributed by atoms with Crippen LogP contribution in [0.4, 0.5) is 0 Å². The molecule has 0 N–H and O–H groups in total. The topological polar surface area (TPSA) is 66.0 Å². The second-order valence-electron chi connectivity index (χ2n) is 7.68. The number of thioether (sulfide) groups is 1. The van der Waals surface area contributed by atoms with Gasteiger partial charge < -0.3 is 9.26 Å². The van der Waals surface area contributed by atoms with Gasteiger partial charge in [-0.25, -0.2) is 0 Å². The highest BCUT2D eigenvalue weighted by Gasteiger charge is 2.20. The van der Waals surface area contributed by atoms with Gasteiger partial charge in [-0.2, -0.15) is 0 Å². The van der Waals surface area contributed by atoms with Gasteiger partial charge in [0.2, 0.25) is 0 Å². The molecule has 2 heterocycles. The summed E-state index contributed by atoms with van der Waals surface area (Å²) in [5.74, 6) is 3.53. The van der Waals surface area contributed by atoms with E-state index in [2.05, 4.69) is 58.0 Å². The molecule has 0 bridgehead atoms. The molecule has 0 amide bonds. The van der Waals surface area contributed by atoms with E-state index < -0.39 is 0 Å². The maximum atomic E-state index is 5.33. The van der Waals surface area contributed by atoms with Crippen LogP contribution in [-0.4, -0.2) is 27.0 Å². The fourth-order valence-electron chi connectivity index (χ4n) is 3.53. The molecule has 0 saturated carbocycles. The lowest BCUT2D eigenvalue weighted by Gasteiger charge is -2.17. The predicted octanol–water partition coefficient (Wildman–Crippen LogP) is 5.96. The van der Waals surface area contributed by atoms with Crippen molar-refractivity contribution in [2.45, 2.75) is 44.5 Å². The quantitative estimate of drug-likeness (QED) is 0.334. The third-order valence-electron chi connectivity index (χ3n) is 5.31. The summed E-state index contributed by atoms with van der Waals surface area (Å²) in [6, 6.07) is 16.3. The number of methoxy groups -OCH3 is 1. The molecular weight excluding hydrogens is 408 g/mol. The van der Waals surface area contributed by atoms with Crippen molar-refractivity contribution in [3.8, 4) is 22.8 Å². The Hall–Kier alpha value is -3.06. The standard InChI is InChI=1S/C24H26N4O2S/c1-15(2)20-8-6-7-9-22(20)28-23(18-10-12-19(29-5)13-11-18)25-26-24(28)31-14-21-16(3)27-30-17(21)4/h6-13,15H,14H2,1-5H3. The minimum absolute atomic E-state index is 0.364. The van der Waals surface area contributed by atoms with E-state index in [1.165, 1.54) is 5.56 Å². The summed E-state index contributed by atoms with van der Waals surface area (Å²) < 4.78 is 12.8. The molecule has 0 aliphatic carbocycles. The van der Waals surface area contributed by atoms with Gasteiger partial charge in [0, 0.05) is 16.9 Å². The lowest BCUT2D eigenvalue weighted by molar-refractivity contribution is 0.392. The first-order valence-corrected chi connectivity index (χ1v) is 11.2. The maximum absolute atomic E-state index is 5.33. The third-order valence-corrected chi connectivity index (χ3v) is 6.26. The molecule has 6 nitrogen and oxygen atoms in total. The average Bonchev–Trinajstić information content (AvgIpc) is 3.35. The monoisotopic (exact) mass is 434 g/mol. The molecule has 0 unspecified atom stereocenters. The molecule has 0 spiro atoms. The Morgan fingerprint density at radius 2 is 1.77 bits per heavy atom. The van der Waals surface area contributed by atoms with Gasteiger partial charge in [-0.05, 0) is 55.7 Å². The SMILES string of the molecule is COc1ccc(-c2nnc(SCc3c(C)noc3C)n2-c2ccccc2C(C)C)cc1. The van der Waals surface area contributed by atoms with E-state index in [1.807, 2.05) is 38.1 Å². The molecule has 7 heteroatoms. The van der Waals surface area contributed by atoms with Gasteiger partial charge in [0.25, 0.3) is 0 Å². The van der Waals surface area contributed by atoms with E-state index in [1.54, 1.807) is 18.9 Å².